The van der Waals surface area contributed by atoms with E-state index in [1.807, 2.05) is 26.8 Å². The van der Waals surface area contributed by atoms with Gasteiger partial charge >= 0.3 is 0 Å². The van der Waals surface area contributed by atoms with Crippen molar-refractivity contribution in [3.05, 3.63) is 88.6 Å². The molecule has 2 heterocycles. The third-order valence-electron chi connectivity index (χ3n) is 5.90. The number of Topliss-reactive ketones (excluding diaryl/α,β-unsaturated/α-hetero) is 1. The number of nitrogens with zero attached hydrogens (tertiary/aromatic N) is 1. The molecule has 1 amide bonds. The molecule has 1 aliphatic heterocycles. The normalized spacial score (nSPS) is 17.9. The number of ketones is 1. The summed E-state index contributed by atoms with van der Waals surface area (Å²) in [5, 5.41) is 11.5. The zero-order valence-electron chi connectivity index (χ0n) is 19.7. The summed E-state index contributed by atoms with van der Waals surface area (Å²) in [4.78, 5) is 27.7. The number of methoxy groups -OCH3 is 1. The van der Waals surface area contributed by atoms with Crippen LogP contribution in [0.15, 0.2) is 64.6 Å². The molecule has 1 aliphatic rings. The first-order valence-electron chi connectivity index (χ1n) is 10.8. The van der Waals surface area contributed by atoms with Crippen LogP contribution in [0.1, 0.15) is 49.5 Å². The van der Waals surface area contributed by atoms with Gasteiger partial charge in [0.25, 0.3) is 11.7 Å². The Kier molecular flexibility index (Phi) is 5.81. The number of aliphatic hydroxyl groups excluding tert-OH is 1. The van der Waals surface area contributed by atoms with Gasteiger partial charge in [0.15, 0.2) is 0 Å². The van der Waals surface area contributed by atoms with Gasteiger partial charge in [0, 0.05) is 5.69 Å². The highest BCUT2D eigenvalue weighted by Gasteiger charge is 2.48. The predicted molar refractivity (Wildman–Crippen MR) is 126 cm³/mol. The number of carbonyl (C=O) groups excluding carboxylic acids is 2. The van der Waals surface area contributed by atoms with Crippen LogP contribution in [0.5, 0.6) is 5.75 Å². The largest absolute Gasteiger partial charge is 0.507 e. The van der Waals surface area contributed by atoms with E-state index < -0.39 is 23.5 Å². The van der Waals surface area contributed by atoms with Crippen molar-refractivity contribution in [2.24, 2.45) is 0 Å². The van der Waals surface area contributed by atoms with E-state index in [0.29, 0.717) is 28.5 Å². The second kappa shape index (κ2) is 8.48. The van der Waals surface area contributed by atoms with E-state index in [4.69, 9.17) is 9.15 Å². The minimum atomic E-state index is -1.04. The summed E-state index contributed by atoms with van der Waals surface area (Å²) in [5.74, 6) is -1.34. The zero-order valence-corrected chi connectivity index (χ0v) is 19.7. The van der Waals surface area contributed by atoms with E-state index in [0.717, 1.165) is 5.56 Å². The number of benzene rings is 2. The number of halogens is 1. The number of ether oxygens (including phenoxy) is 1. The number of furan rings is 1. The average Bonchev–Trinajstić information content (AvgIpc) is 3.33. The van der Waals surface area contributed by atoms with Gasteiger partial charge in [-0.15, -0.1) is 0 Å². The highest BCUT2D eigenvalue weighted by Crippen LogP contribution is 2.44. The van der Waals surface area contributed by atoms with Gasteiger partial charge in [-0.25, -0.2) is 4.39 Å². The van der Waals surface area contributed by atoms with Crippen LogP contribution in [0.25, 0.3) is 5.76 Å². The van der Waals surface area contributed by atoms with Crippen molar-refractivity contribution in [3.63, 3.8) is 0 Å². The molecule has 0 saturated carbocycles. The number of aliphatic hydroxyl groups is 1. The Balaban J connectivity index is 1.98. The van der Waals surface area contributed by atoms with Crippen molar-refractivity contribution in [3.8, 4) is 5.75 Å². The molecule has 4 rings (SSSR count). The lowest BCUT2D eigenvalue weighted by Crippen LogP contribution is -2.29. The Bertz CT molecular complexity index is 1300. The van der Waals surface area contributed by atoms with E-state index in [9.17, 15) is 19.1 Å². The van der Waals surface area contributed by atoms with Crippen molar-refractivity contribution in [2.45, 2.75) is 39.2 Å². The summed E-state index contributed by atoms with van der Waals surface area (Å²) < 4.78 is 24.8. The minimum absolute atomic E-state index is 0.131. The highest BCUT2D eigenvalue weighted by atomic mass is 19.1. The zero-order chi connectivity index (χ0) is 24.8. The third kappa shape index (κ3) is 3.98. The Morgan fingerprint density at radius 2 is 1.74 bits per heavy atom. The summed E-state index contributed by atoms with van der Waals surface area (Å²) in [7, 11) is 1.47. The van der Waals surface area contributed by atoms with E-state index in [-0.39, 0.29) is 16.7 Å². The molecule has 7 heteroatoms. The molecule has 0 radical (unpaired) electrons. The first kappa shape index (κ1) is 23.3. The van der Waals surface area contributed by atoms with Crippen LogP contribution in [-0.2, 0) is 15.0 Å². The first-order valence-corrected chi connectivity index (χ1v) is 10.8. The summed E-state index contributed by atoms with van der Waals surface area (Å²) in [6.07, 6.45) is 0. The predicted octanol–water partition coefficient (Wildman–Crippen LogP) is 5.66. The number of amides is 1. The fourth-order valence-corrected chi connectivity index (χ4v) is 4.07. The van der Waals surface area contributed by atoms with Crippen LogP contribution in [0.3, 0.4) is 0 Å². The van der Waals surface area contributed by atoms with E-state index in [2.05, 4.69) is 0 Å². The van der Waals surface area contributed by atoms with E-state index in [1.54, 1.807) is 31.2 Å². The molecule has 176 valence electrons. The molecule has 1 aromatic heterocycles. The van der Waals surface area contributed by atoms with Gasteiger partial charge in [0.1, 0.15) is 34.9 Å². The van der Waals surface area contributed by atoms with Crippen LogP contribution in [0.4, 0.5) is 10.1 Å². The van der Waals surface area contributed by atoms with Crippen LogP contribution in [-0.4, -0.2) is 23.9 Å². The molecule has 2 aromatic carbocycles. The quantitative estimate of drug-likeness (QED) is 0.307. The average molecular weight is 464 g/mol. The van der Waals surface area contributed by atoms with Gasteiger partial charge in [-0.1, -0.05) is 26.8 Å². The molecule has 0 aliphatic carbocycles. The monoisotopic (exact) mass is 463 g/mol. The standard InChI is InChI=1S/C27H26FNO5/c1-15-6-12-21(34-15)23-22(25(31)26(32)29(23)18-10-8-17(28)9-11-18)24(30)19-14-16(27(2,3)4)7-13-20(19)33-5/h6-14,23,30H,1-5H3/b24-22+. The number of rotatable bonds is 4. The van der Waals surface area contributed by atoms with Gasteiger partial charge in [-0.3, -0.25) is 14.5 Å². The summed E-state index contributed by atoms with van der Waals surface area (Å²) in [6.45, 7) is 7.82. The van der Waals surface area contributed by atoms with E-state index >= 15 is 0 Å². The maximum atomic E-state index is 13.6. The van der Waals surface area contributed by atoms with Gasteiger partial charge in [0.2, 0.25) is 0 Å². The van der Waals surface area contributed by atoms with Crippen molar-refractivity contribution >= 4 is 23.1 Å². The van der Waals surface area contributed by atoms with Crippen molar-refractivity contribution in [2.75, 3.05) is 12.0 Å². The molecule has 6 nitrogen and oxygen atoms in total. The maximum absolute atomic E-state index is 13.6. The number of carbonyl (C=O) groups is 2. The molecule has 1 fully saturated rings. The molecule has 1 atom stereocenters. The Morgan fingerprint density at radius 3 is 2.29 bits per heavy atom. The molecular weight excluding hydrogens is 437 g/mol. The lowest BCUT2D eigenvalue weighted by molar-refractivity contribution is -0.132. The molecule has 34 heavy (non-hydrogen) atoms. The fraction of sp³-hybridized carbons (Fsp3) is 0.259. The van der Waals surface area contributed by atoms with Crippen molar-refractivity contribution < 1.29 is 28.2 Å². The van der Waals surface area contributed by atoms with Crippen LogP contribution >= 0.6 is 0 Å². The van der Waals surface area contributed by atoms with Gasteiger partial charge in [0.05, 0.1) is 18.2 Å². The smallest absolute Gasteiger partial charge is 0.300 e. The van der Waals surface area contributed by atoms with Gasteiger partial charge in [-0.2, -0.15) is 0 Å². The second-order valence-corrected chi connectivity index (χ2v) is 9.26. The van der Waals surface area contributed by atoms with E-state index in [1.165, 1.54) is 36.3 Å². The number of hydrogen-bond acceptors (Lipinski definition) is 5. The molecule has 0 spiro atoms. The molecular formula is C27H26FNO5. The summed E-state index contributed by atoms with van der Waals surface area (Å²) >= 11 is 0. The Hall–Kier alpha value is -3.87. The van der Waals surface area contributed by atoms with Gasteiger partial charge < -0.3 is 14.3 Å². The van der Waals surface area contributed by atoms with Crippen molar-refractivity contribution in [1.82, 2.24) is 0 Å². The minimum Gasteiger partial charge on any atom is -0.507 e. The fourth-order valence-electron chi connectivity index (χ4n) is 4.07. The molecule has 0 bridgehead atoms. The highest BCUT2D eigenvalue weighted by molar-refractivity contribution is 6.51. The first-order chi connectivity index (χ1) is 16.0. The van der Waals surface area contributed by atoms with Crippen LogP contribution in [0, 0.1) is 12.7 Å². The maximum Gasteiger partial charge on any atom is 0.300 e. The van der Waals surface area contributed by atoms with Crippen LogP contribution < -0.4 is 9.64 Å². The topological polar surface area (TPSA) is 80.0 Å². The van der Waals surface area contributed by atoms with Crippen molar-refractivity contribution in [1.29, 1.82) is 0 Å². The number of hydrogen-bond donors (Lipinski definition) is 1. The number of aryl methyl sites for hydroxylation is 1. The Morgan fingerprint density at radius 1 is 1.06 bits per heavy atom. The SMILES string of the molecule is COc1ccc(C(C)(C)C)cc1/C(O)=C1\C(=O)C(=O)N(c2ccc(F)cc2)C1c1ccc(C)o1. The molecule has 1 saturated heterocycles. The lowest BCUT2D eigenvalue weighted by atomic mass is 9.85. The lowest BCUT2D eigenvalue weighted by Gasteiger charge is -2.24. The summed E-state index contributed by atoms with van der Waals surface area (Å²) in [5.41, 5.74) is 1.14. The Labute approximate surface area is 197 Å². The molecule has 1 N–H and O–H groups in total. The van der Waals surface area contributed by atoms with Gasteiger partial charge in [-0.05, 0) is 66.4 Å². The molecule has 3 aromatic rings. The second-order valence-electron chi connectivity index (χ2n) is 9.26. The summed E-state index contributed by atoms with van der Waals surface area (Å²) in [6, 6.07) is 12.9. The number of anilines is 1. The third-order valence-corrected chi connectivity index (χ3v) is 5.90. The van der Waals surface area contributed by atoms with Crippen LogP contribution in [0.2, 0.25) is 0 Å². The molecule has 1 unspecified atom stereocenters.